The van der Waals surface area contributed by atoms with Gasteiger partial charge in [0.25, 0.3) is 0 Å². The van der Waals surface area contributed by atoms with E-state index in [4.69, 9.17) is 0 Å². The largest absolute Gasteiger partial charge is 0.326 e. The Hall–Kier alpha value is -3.51. The van der Waals surface area contributed by atoms with Gasteiger partial charge in [-0.15, -0.1) is 0 Å². The highest BCUT2D eigenvalue weighted by atomic mass is 32.1. The first-order chi connectivity index (χ1) is 14.2. The summed E-state index contributed by atoms with van der Waals surface area (Å²) in [5.74, 6) is -0.178. The third-order valence-corrected chi connectivity index (χ3v) is 5.27. The molecule has 0 spiro atoms. The van der Waals surface area contributed by atoms with Gasteiger partial charge in [0.1, 0.15) is 0 Å². The molecule has 0 aliphatic rings. The van der Waals surface area contributed by atoms with E-state index in [1.807, 2.05) is 78.9 Å². The van der Waals surface area contributed by atoms with E-state index in [2.05, 4.69) is 15.6 Å². The van der Waals surface area contributed by atoms with Crippen LogP contribution in [0, 0.1) is 0 Å². The summed E-state index contributed by atoms with van der Waals surface area (Å²) in [7, 11) is 0. The molecule has 0 bridgehead atoms. The van der Waals surface area contributed by atoms with Crippen molar-refractivity contribution in [2.24, 2.45) is 0 Å². The standard InChI is InChI=1S/C23H19N3O2S/c27-21(13-16-7-3-1-4-8-16)24-18-11-12-19-20(15-18)29-23(25-19)26-22(28)14-17-9-5-2-6-10-17/h1-12,15H,13-14H2,(H,24,27)(H,25,26,28). The Bertz CT molecular complexity index is 1090. The Morgan fingerprint density at radius 3 is 1.97 bits per heavy atom. The van der Waals surface area contributed by atoms with Gasteiger partial charge in [0.05, 0.1) is 23.1 Å². The van der Waals surface area contributed by atoms with E-state index in [1.165, 1.54) is 11.3 Å². The predicted octanol–water partition coefficient (Wildman–Crippen LogP) is 4.66. The van der Waals surface area contributed by atoms with Crippen molar-refractivity contribution in [1.82, 2.24) is 4.98 Å². The summed E-state index contributed by atoms with van der Waals surface area (Å²) in [6.45, 7) is 0. The maximum atomic E-state index is 12.3. The molecule has 2 N–H and O–H groups in total. The van der Waals surface area contributed by atoms with E-state index in [0.717, 1.165) is 21.3 Å². The van der Waals surface area contributed by atoms with Crippen LogP contribution in [0.3, 0.4) is 0 Å². The Labute approximate surface area is 172 Å². The summed E-state index contributed by atoms with van der Waals surface area (Å²) in [4.78, 5) is 29.0. The summed E-state index contributed by atoms with van der Waals surface area (Å²) in [6.07, 6.45) is 0.625. The molecule has 1 heterocycles. The second-order valence-electron chi connectivity index (χ2n) is 6.62. The molecule has 0 aliphatic heterocycles. The quantitative estimate of drug-likeness (QED) is 0.494. The van der Waals surface area contributed by atoms with E-state index in [1.54, 1.807) is 0 Å². The minimum Gasteiger partial charge on any atom is -0.326 e. The van der Waals surface area contributed by atoms with E-state index >= 15 is 0 Å². The number of hydrogen-bond donors (Lipinski definition) is 2. The topological polar surface area (TPSA) is 71.1 Å². The number of fused-ring (bicyclic) bond motifs is 1. The molecule has 0 fully saturated rings. The van der Waals surface area contributed by atoms with Gasteiger partial charge in [-0.3, -0.25) is 9.59 Å². The van der Waals surface area contributed by atoms with E-state index in [0.29, 0.717) is 23.7 Å². The molecule has 0 atom stereocenters. The number of rotatable bonds is 6. The fraction of sp³-hybridized carbons (Fsp3) is 0.0870. The fourth-order valence-corrected chi connectivity index (χ4v) is 3.91. The minimum absolute atomic E-state index is 0.0727. The summed E-state index contributed by atoms with van der Waals surface area (Å²) >= 11 is 1.39. The van der Waals surface area contributed by atoms with Crippen molar-refractivity contribution in [2.45, 2.75) is 12.8 Å². The van der Waals surface area contributed by atoms with Crippen LogP contribution in [0.4, 0.5) is 10.8 Å². The fourth-order valence-electron chi connectivity index (χ4n) is 2.99. The first kappa shape index (κ1) is 18.8. The highest BCUT2D eigenvalue weighted by Crippen LogP contribution is 2.28. The SMILES string of the molecule is O=C(Cc1ccccc1)Nc1ccc2nc(NC(=O)Cc3ccccc3)sc2c1. The molecule has 3 aromatic carbocycles. The second kappa shape index (κ2) is 8.67. The molecular formula is C23H19N3O2S. The highest BCUT2D eigenvalue weighted by molar-refractivity contribution is 7.22. The van der Waals surface area contributed by atoms with Crippen LogP contribution in [-0.4, -0.2) is 16.8 Å². The number of carbonyl (C=O) groups excluding carboxylic acids is 2. The van der Waals surface area contributed by atoms with Gasteiger partial charge < -0.3 is 10.6 Å². The zero-order valence-corrected chi connectivity index (χ0v) is 16.4. The van der Waals surface area contributed by atoms with Crippen LogP contribution >= 0.6 is 11.3 Å². The number of nitrogens with one attached hydrogen (secondary N) is 2. The minimum atomic E-state index is -0.105. The molecule has 4 rings (SSSR count). The third kappa shape index (κ3) is 5.06. The zero-order valence-electron chi connectivity index (χ0n) is 15.6. The van der Waals surface area contributed by atoms with Crippen molar-refractivity contribution in [3.63, 3.8) is 0 Å². The lowest BCUT2D eigenvalue weighted by Gasteiger charge is -2.05. The summed E-state index contributed by atoms with van der Waals surface area (Å²) in [5, 5.41) is 6.32. The molecule has 2 amide bonds. The molecule has 6 heteroatoms. The summed E-state index contributed by atoms with van der Waals surface area (Å²) < 4.78 is 0.900. The average Bonchev–Trinajstić information content (AvgIpc) is 3.10. The van der Waals surface area contributed by atoms with Crippen LogP contribution in [0.2, 0.25) is 0 Å². The van der Waals surface area contributed by atoms with Gasteiger partial charge in [0.2, 0.25) is 11.8 Å². The Kier molecular flexibility index (Phi) is 5.63. The third-order valence-electron chi connectivity index (χ3n) is 4.33. The molecule has 1 aromatic heterocycles. The number of hydrogen-bond acceptors (Lipinski definition) is 4. The molecule has 5 nitrogen and oxygen atoms in total. The average molecular weight is 401 g/mol. The van der Waals surface area contributed by atoms with Gasteiger partial charge in [0, 0.05) is 5.69 Å². The predicted molar refractivity (Wildman–Crippen MR) is 117 cm³/mol. The molecule has 0 radical (unpaired) electrons. The van der Waals surface area contributed by atoms with Gasteiger partial charge in [-0.1, -0.05) is 72.0 Å². The first-order valence-corrected chi connectivity index (χ1v) is 10.1. The van der Waals surface area contributed by atoms with E-state index < -0.39 is 0 Å². The lowest BCUT2D eigenvalue weighted by molar-refractivity contribution is -0.116. The van der Waals surface area contributed by atoms with Crippen LogP contribution < -0.4 is 10.6 Å². The van der Waals surface area contributed by atoms with Gasteiger partial charge in [-0.05, 0) is 29.3 Å². The number of amides is 2. The monoisotopic (exact) mass is 401 g/mol. The van der Waals surface area contributed by atoms with Crippen molar-refractivity contribution in [1.29, 1.82) is 0 Å². The lowest BCUT2D eigenvalue weighted by Crippen LogP contribution is -2.14. The van der Waals surface area contributed by atoms with Crippen LogP contribution in [0.1, 0.15) is 11.1 Å². The van der Waals surface area contributed by atoms with Crippen molar-refractivity contribution in [3.8, 4) is 0 Å². The number of anilines is 2. The van der Waals surface area contributed by atoms with Crippen molar-refractivity contribution < 1.29 is 9.59 Å². The normalized spacial score (nSPS) is 10.6. The van der Waals surface area contributed by atoms with Gasteiger partial charge >= 0.3 is 0 Å². The number of carbonyl (C=O) groups is 2. The first-order valence-electron chi connectivity index (χ1n) is 9.24. The van der Waals surface area contributed by atoms with Crippen molar-refractivity contribution >= 4 is 44.2 Å². The van der Waals surface area contributed by atoms with Gasteiger partial charge in [0.15, 0.2) is 5.13 Å². The zero-order chi connectivity index (χ0) is 20.1. The Morgan fingerprint density at radius 1 is 0.759 bits per heavy atom. The maximum absolute atomic E-state index is 12.3. The molecule has 29 heavy (non-hydrogen) atoms. The molecule has 4 aromatic rings. The lowest BCUT2D eigenvalue weighted by atomic mass is 10.1. The number of benzene rings is 3. The molecule has 144 valence electrons. The second-order valence-corrected chi connectivity index (χ2v) is 7.65. The summed E-state index contributed by atoms with van der Waals surface area (Å²) in [5.41, 5.74) is 3.41. The molecule has 0 aliphatic carbocycles. The van der Waals surface area contributed by atoms with Crippen molar-refractivity contribution in [3.05, 3.63) is 90.0 Å². The van der Waals surface area contributed by atoms with Crippen LogP contribution in [0.25, 0.3) is 10.2 Å². The smallest absolute Gasteiger partial charge is 0.230 e. The van der Waals surface area contributed by atoms with Crippen LogP contribution in [-0.2, 0) is 22.4 Å². The van der Waals surface area contributed by atoms with Gasteiger partial charge in [-0.2, -0.15) is 0 Å². The molecule has 0 saturated carbocycles. The number of aromatic nitrogens is 1. The molecule has 0 unspecified atom stereocenters. The van der Waals surface area contributed by atoms with Gasteiger partial charge in [-0.25, -0.2) is 4.98 Å². The highest BCUT2D eigenvalue weighted by Gasteiger charge is 2.10. The maximum Gasteiger partial charge on any atom is 0.230 e. The van der Waals surface area contributed by atoms with Crippen molar-refractivity contribution in [2.75, 3.05) is 10.6 Å². The number of thiazole rings is 1. The summed E-state index contributed by atoms with van der Waals surface area (Å²) in [6, 6.07) is 24.7. The van der Waals surface area contributed by atoms with E-state index in [9.17, 15) is 9.59 Å². The van der Waals surface area contributed by atoms with Crippen LogP contribution in [0.15, 0.2) is 78.9 Å². The Morgan fingerprint density at radius 2 is 1.34 bits per heavy atom. The Balaban J connectivity index is 1.40. The molecular weight excluding hydrogens is 382 g/mol. The van der Waals surface area contributed by atoms with Crippen LogP contribution in [0.5, 0.6) is 0 Å². The number of nitrogens with zero attached hydrogens (tertiary/aromatic N) is 1. The molecule has 0 saturated heterocycles. The van der Waals surface area contributed by atoms with E-state index in [-0.39, 0.29) is 11.8 Å².